The van der Waals surface area contributed by atoms with E-state index in [9.17, 15) is 0 Å². The number of allylic oxidation sites excluding steroid dienone is 3. The van der Waals surface area contributed by atoms with Gasteiger partial charge in [-0.15, -0.1) is 0 Å². The molecule has 14 heavy (non-hydrogen) atoms. The quantitative estimate of drug-likeness (QED) is 0.640. The van der Waals surface area contributed by atoms with E-state index in [1.54, 1.807) is 0 Å². The first-order valence-electron chi connectivity index (χ1n) is 4.96. The Labute approximate surface area is 87.0 Å². The molecule has 0 atom stereocenters. The van der Waals surface area contributed by atoms with Crippen LogP contribution in [0.2, 0.25) is 0 Å². The Hall–Kier alpha value is -1.30. The van der Waals surface area contributed by atoms with Gasteiger partial charge in [-0.1, -0.05) is 36.4 Å². The van der Waals surface area contributed by atoms with Crippen LogP contribution in [-0.2, 0) is 0 Å². The Morgan fingerprint density at radius 3 is 2.43 bits per heavy atom. The number of rotatable bonds is 2. The summed E-state index contributed by atoms with van der Waals surface area (Å²) in [6, 6.07) is 6.40. The standard InChI is InChI=1S/C14H18/c1-6-11(4)13-9-7-8-12(5)14(13)10(2)3/h6-9H,2H2,1,3-5H3/b11-6-. The zero-order chi connectivity index (χ0) is 10.7. The zero-order valence-corrected chi connectivity index (χ0v) is 9.52. The van der Waals surface area contributed by atoms with Gasteiger partial charge < -0.3 is 0 Å². The van der Waals surface area contributed by atoms with Crippen LogP contribution in [0.25, 0.3) is 11.1 Å². The van der Waals surface area contributed by atoms with Gasteiger partial charge in [-0.25, -0.2) is 0 Å². The molecular weight excluding hydrogens is 168 g/mol. The summed E-state index contributed by atoms with van der Waals surface area (Å²) in [5, 5.41) is 0. The van der Waals surface area contributed by atoms with E-state index in [4.69, 9.17) is 0 Å². The van der Waals surface area contributed by atoms with E-state index in [-0.39, 0.29) is 0 Å². The Bertz CT molecular complexity index is 381. The third-order valence-electron chi connectivity index (χ3n) is 2.56. The highest BCUT2D eigenvalue weighted by atomic mass is 14.1. The number of hydrogen-bond acceptors (Lipinski definition) is 0. The molecule has 1 aromatic rings. The normalized spacial score (nSPS) is 11.6. The molecule has 0 saturated carbocycles. The Kier molecular flexibility index (Phi) is 3.29. The maximum atomic E-state index is 4.04. The van der Waals surface area contributed by atoms with E-state index in [2.05, 4.69) is 58.5 Å². The second kappa shape index (κ2) is 4.28. The van der Waals surface area contributed by atoms with Gasteiger partial charge in [0.1, 0.15) is 0 Å². The molecule has 0 bridgehead atoms. The molecule has 0 heterocycles. The Morgan fingerprint density at radius 2 is 1.93 bits per heavy atom. The fourth-order valence-corrected chi connectivity index (χ4v) is 1.72. The van der Waals surface area contributed by atoms with E-state index in [1.807, 2.05) is 0 Å². The lowest BCUT2D eigenvalue weighted by Gasteiger charge is -2.12. The monoisotopic (exact) mass is 186 g/mol. The lowest BCUT2D eigenvalue weighted by Crippen LogP contribution is -1.92. The van der Waals surface area contributed by atoms with Gasteiger partial charge in [0, 0.05) is 0 Å². The van der Waals surface area contributed by atoms with E-state index < -0.39 is 0 Å². The largest absolute Gasteiger partial charge is 0.0955 e. The van der Waals surface area contributed by atoms with Gasteiger partial charge in [-0.05, 0) is 50.0 Å². The predicted molar refractivity (Wildman–Crippen MR) is 65.2 cm³/mol. The van der Waals surface area contributed by atoms with Crippen LogP contribution in [0.5, 0.6) is 0 Å². The summed E-state index contributed by atoms with van der Waals surface area (Å²) in [4.78, 5) is 0. The Morgan fingerprint density at radius 1 is 1.29 bits per heavy atom. The van der Waals surface area contributed by atoms with Crippen LogP contribution >= 0.6 is 0 Å². The van der Waals surface area contributed by atoms with Crippen LogP contribution in [0.1, 0.15) is 37.5 Å². The minimum atomic E-state index is 1.14. The summed E-state index contributed by atoms with van der Waals surface area (Å²) in [5.41, 5.74) is 6.35. The third-order valence-corrected chi connectivity index (χ3v) is 2.56. The van der Waals surface area contributed by atoms with E-state index in [0.29, 0.717) is 0 Å². The zero-order valence-electron chi connectivity index (χ0n) is 9.52. The summed E-state index contributed by atoms with van der Waals surface area (Å²) in [5.74, 6) is 0. The first-order chi connectivity index (χ1) is 6.57. The molecule has 74 valence electrons. The fourth-order valence-electron chi connectivity index (χ4n) is 1.72. The molecule has 0 aromatic heterocycles. The molecule has 0 radical (unpaired) electrons. The van der Waals surface area contributed by atoms with E-state index >= 15 is 0 Å². The van der Waals surface area contributed by atoms with Crippen molar-refractivity contribution in [1.82, 2.24) is 0 Å². The van der Waals surface area contributed by atoms with Crippen molar-refractivity contribution in [2.24, 2.45) is 0 Å². The van der Waals surface area contributed by atoms with E-state index in [1.165, 1.54) is 22.3 Å². The molecule has 0 heteroatoms. The van der Waals surface area contributed by atoms with Gasteiger partial charge in [0.15, 0.2) is 0 Å². The van der Waals surface area contributed by atoms with E-state index in [0.717, 1.165) is 5.57 Å². The molecule has 0 unspecified atom stereocenters. The molecule has 0 saturated heterocycles. The van der Waals surface area contributed by atoms with Gasteiger partial charge in [0.05, 0.1) is 0 Å². The highest BCUT2D eigenvalue weighted by Gasteiger charge is 2.06. The molecule has 0 nitrogen and oxygen atoms in total. The van der Waals surface area contributed by atoms with Crippen LogP contribution in [0.3, 0.4) is 0 Å². The lowest BCUT2D eigenvalue weighted by molar-refractivity contribution is 1.37. The smallest absolute Gasteiger partial charge is 0.0129 e. The molecule has 0 N–H and O–H groups in total. The van der Waals surface area contributed by atoms with Crippen molar-refractivity contribution in [2.45, 2.75) is 27.7 Å². The second-order valence-corrected chi connectivity index (χ2v) is 3.75. The van der Waals surface area contributed by atoms with Gasteiger partial charge in [-0.3, -0.25) is 0 Å². The average Bonchev–Trinajstić information content (AvgIpc) is 2.15. The molecular formula is C14H18. The van der Waals surface area contributed by atoms with Gasteiger partial charge >= 0.3 is 0 Å². The first-order valence-corrected chi connectivity index (χ1v) is 4.96. The summed E-state index contributed by atoms with van der Waals surface area (Å²) in [6.45, 7) is 12.4. The van der Waals surface area contributed by atoms with Gasteiger partial charge in [0.25, 0.3) is 0 Å². The minimum Gasteiger partial charge on any atom is -0.0955 e. The van der Waals surface area contributed by atoms with Crippen LogP contribution in [0.15, 0.2) is 30.9 Å². The van der Waals surface area contributed by atoms with Crippen molar-refractivity contribution in [3.05, 3.63) is 47.5 Å². The van der Waals surface area contributed by atoms with Crippen molar-refractivity contribution >= 4 is 11.1 Å². The minimum absolute atomic E-state index is 1.14. The third kappa shape index (κ3) is 1.95. The number of benzene rings is 1. The van der Waals surface area contributed by atoms with Crippen molar-refractivity contribution in [1.29, 1.82) is 0 Å². The van der Waals surface area contributed by atoms with Crippen molar-refractivity contribution in [3.8, 4) is 0 Å². The van der Waals surface area contributed by atoms with Crippen molar-refractivity contribution < 1.29 is 0 Å². The summed E-state index contributed by atoms with van der Waals surface area (Å²) in [7, 11) is 0. The van der Waals surface area contributed by atoms with Gasteiger partial charge in [-0.2, -0.15) is 0 Å². The highest BCUT2D eigenvalue weighted by molar-refractivity contribution is 5.79. The maximum Gasteiger partial charge on any atom is -0.0129 e. The Balaban J connectivity index is 3.43. The number of hydrogen-bond donors (Lipinski definition) is 0. The first kappa shape index (κ1) is 10.8. The molecule has 0 aliphatic heterocycles. The SMILES string of the molecule is C=C(C)c1c(C)cccc1/C(C)=C\C. The van der Waals surface area contributed by atoms with Crippen LogP contribution in [0, 0.1) is 6.92 Å². The molecule has 0 aliphatic rings. The van der Waals surface area contributed by atoms with Crippen LogP contribution < -0.4 is 0 Å². The second-order valence-electron chi connectivity index (χ2n) is 3.75. The van der Waals surface area contributed by atoms with Crippen LogP contribution in [-0.4, -0.2) is 0 Å². The van der Waals surface area contributed by atoms with Crippen molar-refractivity contribution in [3.63, 3.8) is 0 Å². The lowest BCUT2D eigenvalue weighted by atomic mass is 9.93. The molecule has 0 amide bonds. The molecule has 1 rings (SSSR count). The molecule has 0 spiro atoms. The van der Waals surface area contributed by atoms with Crippen molar-refractivity contribution in [2.75, 3.05) is 0 Å². The van der Waals surface area contributed by atoms with Crippen LogP contribution in [0.4, 0.5) is 0 Å². The molecule has 1 aromatic carbocycles. The topological polar surface area (TPSA) is 0 Å². The summed E-state index contributed by atoms with van der Waals surface area (Å²) in [6.07, 6.45) is 2.14. The fraction of sp³-hybridized carbons (Fsp3) is 0.286. The molecule has 0 fully saturated rings. The predicted octanol–water partition coefficient (Wildman–Crippen LogP) is 4.45. The highest BCUT2D eigenvalue weighted by Crippen LogP contribution is 2.26. The summed E-state index contributed by atoms with van der Waals surface area (Å²) >= 11 is 0. The van der Waals surface area contributed by atoms with Gasteiger partial charge in [0.2, 0.25) is 0 Å². The maximum absolute atomic E-state index is 4.04. The summed E-state index contributed by atoms with van der Waals surface area (Å²) < 4.78 is 0. The number of aryl methyl sites for hydroxylation is 1. The molecule has 0 aliphatic carbocycles. The average molecular weight is 186 g/mol.